The fraction of sp³-hybridized carbons (Fsp3) is 0.391. The number of pyridine rings is 1. The van der Waals surface area contributed by atoms with Crippen LogP contribution in [0.25, 0.3) is 10.9 Å². The second-order valence-corrected chi connectivity index (χ2v) is 7.65. The Hall–Kier alpha value is -3.22. The number of anilines is 1. The summed E-state index contributed by atoms with van der Waals surface area (Å²) < 4.78 is 7.22. The Morgan fingerprint density at radius 3 is 2.73 bits per heavy atom. The van der Waals surface area contributed by atoms with Crippen LogP contribution in [0.5, 0.6) is 0 Å². The minimum atomic E-state index is -0.526. The minimum Gasteiger partial charge on any atom is -0.452 e. The number of carbonyl (C=O) groups excluding carboxylic acids is 2. The number of para-hydroxylation sites is 1. The maximum absolute atomic E-state index is 12.8. The number of fused-ring (bicyclic) bond motifs is 1. The molecule has 0 bridgehead atoms. The van der Waals surface area contributed by atoms with E-state index in [1.165, 1.54) is 12.8 Å². The fourth-order valence-electron chi connectivity index (χ4n) is 4.20. The maximum atomic E-state index is 12.8. The van der Waals surface area contributed by atoms with Crippen LogP contribution in [0.4, 0.5) is 5.82 Å². The number of aryl methyl sites for hydroxylation is 2. The molecular formula is C23H26N4O3. The van der Waals surface area contributed by atoms with Crippen molar-refractivity contribution in [1.82, 2.24) is 14.8 Å². The summed E-state index contributed by atoms with van der Waals surface area (Å²) in [7, 11) is 0. The Labute approximate surface area is 175 Å². The highest BCUT2D eigenvalue weighted by atomic mass is 16.5. The zero-order chi connectivity index (χ0) is 21.1. The summed E-state index contributed by atoms with van der Waals surface area (Å²) in [5.41, 5.74) is 2.79. The topological polar surface area (TPSA) is 86.1 Å². The van der Waals surface area contributed by atoms with E-state index in [0.29, 0.717) is 29.5 Å². The summed E-state index contributed by atoms with van der Waals surface area (Å²) in [6.07, 6.45) is 6.75. The first-order valence-electron chi connectivity index (χ1n) is 10.5. The first-order valence-corrected chi connectivity index (χ1v) is 10.5. The Morgan fingerprint density at radius 1 is 1.20 bits per heavy atom. The normalized spacial score (nSPS) is 14.2. The van der Waals surface area contributed by atoms with Gasteiger partial charge in [0.2, 0.25) is 0 Å². The van der Waals surface area contributed by atoms with Gasteiger partial charge in [-0.1, -0.05) is 38.0 Å². The van der Waals surface area contributed by atoms with E-state index in [0.717, 1.165) is 29.3 Å². The first-order chi connectivity index (χ1) is 14.6. The van der Waals surface area contributed by atoms with Crippen molar-refractivity contribution < 1.29 is 14.3 Å². The molecule has 7 heteroatoms. The molecule has 3 aromatic rings. The minimum absolute atomic E-state index is 0.316. The van der Waals surface area contributed by atoms with Gasteiger partial charge >= 0.3 is 5.97 Å². The molecule has 7 nitrogen and oxygen atoms in total. The Kier molecular flexibility index (Phi) is 5.79. The molecule has 0 spiro atoms. The van der Waals surface area contributed by atoms with Crippen molar-refractivity contribution in [3.8, 4) is 0 Å². The van der Waals surface area contributed by atoms with Crippen LogP contribution in [0, 0.1) is 6.92 Å². The fourth-order valence-corrected chi connectivity index (χ4v) is 4.20. The van der Waals surface area contributed by atoms with Gasteiger partial charge in [0.15, 0.2) is 6.61 Å². The second kappa shape index (κ2) is 8.65. The molecule has 0 aliphatic heterocycles. The Balaban J connectivity index is 1.46. The van der Waals surface area contributed by atoms with Gasteiger partial charge in [0.25, 0.3) is 5.91 Å². The molecule has 1 aliphatic rings. The highest BCUT2D eigenvalue weighted by molar-refractivity contribution is 6.00. The van der Waals surface area contributed by atoms with Crippen LogP contribution in [0.1, 0.15) is 60.3 Å². The number of aromatic nitrogens is 3. The summed E-state index contributed by atoms with van der Waals surface area (Å²) in [4.78, 5) is 29.8. The largest absolute Gasteiger partial charge is 0.452 e. The van der Waals surface area contributed by atoms with Crippen molar-refractivity contribution in [2.24, 2.45) is 0 Å². The van der Waals surface area contributed by atoms with Crippen molar-refractivity contribution in [2.45, 2.75) is 52.0 Å². The molecule has 1 saturated carbocycles. The number of carbonyl (C=O) groups is 2. The summed E-state index contributed by atoms with van der Waals surface area (Å²) in [5, 5.41) is 8.07. The lowest BCUT2D eigenvalue weighted by Crippen LogP contribution is -2.24. The van der Waals surface area contributed by atoms with E-state index in [2.05, 4.69) is 15.4 Å². The number of rotatable bonds is 6. The molecule has 1 aliphatic carbocycles. The molecule has 1 N–H and O–H groups in total. The quantitative estimate of drug-likeness (QED) is 0.620. The van der Waals surface area contributed by atoms with Gasteiger partial charge in [-0.15, -0.1) is 0 Å². The van der Waals surface area contributed by atoms with Crippen molar-refractivity contribution in [3.63, 3.8) is 0 Å². The van der Waals surface area contributed by atoms with E-state index < -0.39 is 5.97 Å². The van der Waals surface area contributed by atoms with Crippen LogP contribution in [0.15, 0.2) is 36.5 Å². The Morgan fingerprint density at radius 2 is 1.97 bits per heavy atom. The van der Waals surface area contributed by atoms with Gasteiger partial charge in [-0.05, 0) is 37.8 Å². The van der Waals surface area contributed by atoms with E-state index in [9.17, 15) is 9.59 Å². The van der Waals surface area contributed by atoms with Crippen molar-refractivity contribution >= 4 is 28.6 Å². The van der Waals surface area contributed by atoms with Gasteiger partial charge in [0.1, 0.15) is 5.82 Å². The molecule has 1 aromatic carbocycles. The third-order valence-corrected chi connectivity index (χ3v) is 5.71. The molecular weight excluding hydrogens is 380 g/mol. The van der Waals surface area contributed by atoms with Crippen LogP contribution < -0.4 is 5.32 Å². The van der Waals surface area contributed by atoms with Crippen molar-refractivity contribution in [2.75, 3.05) is 11.9 Å². The molecule has 1 amide bonds. The van der Waals surface area contributed by atoms with Gasteiger partial charge in [0, 0.05) is 11.5 Å². The first kappa shape index (κ1) is 20.1. The van der Waals surface area contributed by atoms with Gasteiger partial charge < -0.3 is 10.1 Å². The summed E-state index contributed by atoms with van der Waals surface area (Å²) in [5.74, 6) is -0.268. The SMILES string of the molecule is CCc1nc2ccccc2c(C)c1C(=O)OCC(=O)Nc1ccnn1C1CCCC1. The zero-order valence-corrected chi connectivity index (χ0v) is 17.4. The predicted molar refractivity (Wildman–Crippen MR) is 115 cm³/mol. The molecule has 30 heavy (non-hydrogen) atoms. The van der Waals surface area contributed by atoms with Crippen LogP contribution >= 0.6 is 0 Å². The standard InChI is InChI=1S/C23H26N4O3/c1-3-18-22(15(2)17-10-6-7-11-19(17)25-18)23(29)30-14-21(28)26-20-12-13-24-27(20)16-8-4-5-9-16/h6-7,10-13,16H,3-5,8-9,14H2,1-2H3,(H,26,28). The highest BCUT2D eigenvalue weighted by Crippen LogP contribution is 2.31. The lowest BCUT2D eigenvalue weighted by Gasteiger charge is -2.15. The molecule has 2 aromatic heterocycles. The average molecular weight is 406 g/mol. The molecule has 156 valence electrons. The third-order valence-electron chi connectivity index (χ3n) is 5.71. The van der Waals surface area contributed by atoms with E-state index in [1.807, 2.05) is 42.8 Å². The van der Waals surface area contributed by atoms with Gasteiger partial charge in [-0.3, -0.25) is 9.78 Å². The number of hydrogen-bond acceptors (Lipinski definition) is 5. The molecule has 4 rings (SSSR count). The number of nitrogens with zero attached hydrogens (tertiary/aromatic N) is 3. The molecule has 2 heterocycles. The van der Waals surface area contributed by atoms with Crippen LogP contribution in [0.3, 0.4) is 0 Å². The number of amides is 1. The van der Waals surface area contributed by atoms with Crippen LogP contribution in [-0.4, -0.2) is 33.2 Å². The predicted octanol–water partition coefficient (Wildman–Crippen LogP) is 4.21. The number of nitrogens with one attached hydrogen (secondary N) is 1. The van der Waals surface area contributed by atoms with Crippen molar-refractivity contribution in [3.05, 3.63) is 53.3 Å². The zero-order valence-electron chi connectivity index (χ0n) is 17.4. The highest BCUT2D eigenvalue weighted by Gasteiger charge is 2.22. The summed E-state index contributed by atoms with van der Waals surface area (Å²) in [6, 6.07) is 9.79. The van der Waals surface area contributed by atoms with Gasteiger partial charge in [0.05, 0.1) is 29.0 Å². The second-order valence-electron chi connectivity index (χ2n) is 7.65. The number of hydrogen-bond donors (Lipinski definition) is 1. The number of benzene rings is 1. The average Bonchev–Trinajstić information content (AvgIpc) is 3.43. The van der Waals surface area contributed by atoms with Gasteiger partial charge in [-0.25, -0.2) is 9.48 Å². The molecule has 1 fully saturated rings. The summed E-state index contributed by atoms with van der Waals surface area (Å²) in [6.45, 7) is 3.48. The number of ether oxygens (including phenoxy) is 1. The van der Waals surface area contributed by atoms with Crippen LogP contribution in [-0.2, 0) is 16.0 Å². The molecule has 0 radical (unpaired) electrons. The van der Waals surface area contributed by atoms with E-state index in [1.54, 1.807) is 12.3 Å². The molecule has 0 unspecified atom stereocenters. The van der Waals surface area contributed by atoms with Crippen LogP contribution in [0.2, 0.25) is 0 Å². The summed E-state index contributed by atoms with van der Waals surface area (Å²) >= 11 is 0. The monoisotopic (exact) mass is 406 g/mol. The number of esters is 1. The molecule has 0 atom stereocenters. The Bertz CT molecular complexity index is 1080. The third kappa shape index (κ3) is 3.92. The van der Waals surface area contributed by atoms with Gasteiger partial charge in [-0.2, -0.15) is 5.10 Å². The van der Waals surface area contributed by atoms with E-state index in [4.69, 9.17) is 4.74 Å². The van der Waals surface area contributed by atoms with Crippen molar-refractivity contribution in [1.29, 1.82) is 0 Å². The van der Waals surface area contributed by atoms with E-state index >= 15 is 0 Å². The smallest absolute Gasteiger partial charge is 0.340 e. The lowest BCUT2D eigenvalue weighted by atomic mass is 10.0. The molecule has 0 saturated heterocycles. The van der Waals surface area contributed by atoms with E-state index in [-0.39, 0.29) is 12.5 Å². The lowest BCUT2D eigenvalue weighted by molar-refractivity contribution is -0.119. The maximum Gasteiger partial charge on any atom is 0.340 e.